The monoisotopic (exact) mass is 258 g/mol. The van der Waals surface area contributed by atoms with Crippen molar-refractivity contribution in [3.05, 3.63) is 41.6 Å². The summed E-state index contributed by atoms with van der Waals surface area (Å²) in [6, 6.07) is 9.80. The molecule has 0 saturated heterocycles. The molecule has 100 valence electrons. The Balaban J connectivity index is 2.31. The molecule has 0 amide bonds. The maximum atomic E-state index is 5.59. The van der Waals surface area contributed by atoms with E-state index in [9.17, 15) is 0 Å². The van der Waals surface area contributed by atoms with Gasteiger partial charge < -0.3 is 15.4 Å². The van der Waals surface area contributed by atoms with Crippen LogP contribution in [0.5, 0.6) is 5.88 Å². The number of nitrogens with two attached hydrogens (primary N) is 1. The molecule has 1 heterocycles. The molecule has 0 radical (unpaired) electrons. The van der Waals surface area contributed by atoms with Crippen molar-refractivity contribution in [3.63, 3.8) is 0 Å². The minimum absolute atomic E-state index is 0.540. The van der Waals surface area contributed by atoms with Crippen molar-refractivity contribution >= 4 is 11.6 Å². The standard InChI is InChI=1S/C14H18N4O/c1-10-8-13(19-3)17-14(16-10)18(2)12-6-4-11(9-15)5-7-12/h4-8H,9,15H2,1-3H3. The normalized spacial score (nSPS) is 10.3. The van der Waals surface area contributed by atoms with Crippen molar-refractivity contribution < 1.29 is 4.74 Å². The van der Waals surface area contributed by atoms with Crippen molar-refractivity contribution in [2.45, 2.75) is 13.5 Å². The second kappa shape index (κ2) is 5.67. The number of anilines is 2. The average molecular weight is 258 g/mol. The fourth-order valence-corrected chi connectivity index (χ4v) is 1.75. The molecule has 0 spiro atoms. The number of hydrogen-bond acceptors (Lipinski definition) is 5. The number of ether oxygens (including phenoxy) is 1. The average Bonchev–Trinajstić information content (AvgIpc) is 2.46. The van der Waals surface area contributed by atoms with Crippen LogP contribution in [0.15, 0.2) is 30.3 Å². The lowest BCUT2D eigenvalue weighted by molar-refractivity contribution is 0.396. The first kappa shape index (κ1) is 13.3. The quantitative estimate of drug-likeness (QED) is 0.909. The van der Waals surface area contributed by atoms with Gasteiger partial charge in [0, 0.05) is 31.0 Å². The predicted octanol–water partition coefficient (Wildman–Crippen LogP) is 2.02. The minimum Gasteiger partial charge on any atom is -0.481 e. The van der Waals surface area contributed by atoms with Crippen LogP contribution in [-0.2, 0) is 6.54 Å². The number of rotatable bonds is 4. The van der Waals surface area contributed by atoms with E-state index in [-0.39, 0.29) is 0 Å². The molecule has 0 unspecified atom stereocenters. The van der Waals surface area contributed by atoms with Crippen LogP contribution in [0.4, 0.5) is 11.6 Å². The van der Waals surface area contributed by atoms with E-state index in [1.54, 1.807) is 13.2 Å². The van der Waals surface area contributed by atoms with Crippen LogP contribution in [-0.4, -0.2) is 24.1 Å². The van der Waals surface area contributed by atoms with Gasteiger partial charge in [-0.15, -0.1) is 0 Å². The zero-order valence-corrected chi connectivity index (χ0v) is 11.4. The van der Waals surface area contributed by atoms with Crippen LogP contribution in [0.25, 0.3) is 0 Å². The first-order chi connectivity index (χ1) is 9.13. The van der Waals surface area contributed by atoms with E-state index in [0.717, 1.165) is 16.9 Å². The van der Waals surface area contributed by atoms with Gasteiger partial charge in [-0.1, -0.05) is 12.1 Å². The lowest BCUT2D eigenvalue weighted by Crippen LogP contribution is -2.14. The molecule has 2 N–H and O–H groups in total. The van der Waals surface area contributed by atoms with E-state index in [1.807, 2.05) is 43.1 Å². The van der Waals surface area contributed by atoms with E-state index in [1.165, 1.54) is 0 Å². The van der Waals surface area contributed by atoms with Gasteiger partial charge >= 0.3 is 0 Å². The second-order valence-corrected chi connectivity index (χ2v) is 4.28. The summed E-state index contributed by atoms with van der Waals surface area (Å²) in [5.41, 5.74) is 8.56. The van der Waals surface area contributed by atoms with E-state index in [2.05, 4.69) is 9.97 Å². The van der Waals surface area contributed by atoms with Crippen LogP contribution >= 0.6 is 0 Å². The van der Waals surface area contributed by atoms with Crippen molar-refractivity contribution in [1.29, 1.82) is 0 Å². The number of aromatic nitrogens is 2. The van der Waals surface area contributed by atoms with Gasteiger partial charge in [0.25, 0.3) is 0 Å². The summed E-state index contributed by atoms with van der Waals surface area (Å²) in [5, 5.41) is 0. The molecule has 1 aromatic carbocycles. The van der Waals surface area contributed by atoms with Gasteiger partial charge in [-0.3, -0.25) is 0 Å². The van der Waals surface area contributed by atoms with Gasteiger partial charge in [0.1, 0.15) is 0 Å². The van der Waals surface area contributed by atoms with Crippen molar-refractivity contribution in [1.82, 2.24) is 9.97 Å². The van der Waals surface area contributed by atoms with Crippen LogP contribution in [0.1, 0.15) is 11.3 Å². The molecule has 5 heteroatoms. The summed E-state index contributed by atoms with van der Waals surface area (Å²) in [5.74, 6) is 1.17. The van der Waals surface area contributed by atoms with Gasteiger partial charge in [-0.05, 0) is 24.6 Å². The Bertz CT molecular complexity index is 554. The maximum absolute atomic E-state index is 5.59. The molecule has 0 atom stereocenters. The van der Waals surface area contributed by atoms with Crippen LogP contribution < -0.4 is 15.4 Å². The largest absolute Gasteiger partial charge is 0.481 e. The van der Waals surface area contributed by atoms with Gasteiger partial charge in [0.2, 0.25) is 11.8 Å². The summed E-state index contributed by atoms with van der Waals surface area (Å²) < 4.78 is 5.16. The summed E-state index contributed by atoms with van der Waals surface area (Å²) in [4.78, 5) is 10.7. The third-order valence-electron chi connectivity index (χ3n) is 2.89. The first-order valence-electron chi connectivity index (χ1n) is 6.06. The van der Waals surface area contributed by atoms with Crippen molar-refractivity contribution in [3.8, 4) is 5.88 Å². The Hall–Kier alpha value is -2.14. The van der Waals surface area contributed by atoms with E-state index >= 15 is 0 Å². The van der Waals surface area contributed by atoms with Gasteiger partial charge in [-0.25, -0.2) is 4.98 Å². The molecule has 0 aliphatic rings. The van der Waals surface area contributed by atoms with Crippen LogP contribution in [0, 0.1) is 6.92 Å². The summed E-state index contributed by atoms with van der Waals surface area (Å²) in [6.07, 6.45) is 0. The smallest absolute Gasteiger partial charge is 0.233 e. The second-order valence-electron chi connectivity index (χ2n) is 4.28. The fraction of sp³-hybridized carbons (Fsp3) is 0.286. The molecule has 0 aliphatic heterocycles. The molecule has 0 saturated carbocycles. The zero-order chi connectivity index (χ0) is 13.8. The highest BCUT2D eigenvalue weighted by Crippen LogP contribution is 2.22. The Kier molecular flexibility index (Phi) is 3.97. The highest BCUT2D eigenvalue weighted by atomic mass is 16.5. The number of benzene rings is 1. The maximum Gasteiger partial charge on any atom is 0.233 e. The lowest BCUT2D eigenvalue weighted by Gasteiger charge is -2.18. The highest BCUT2D eigenvalue weighted by molar-refractivity contribution is 5.57. The third kappa shape index (κ3) is 3.00. The molecule has 1 aromatic heterocycles. The minimum atomic E-state index is 0.540. The van der Waals surface area contributed by atoms with E-state index in [4.69, 9.17) is 10.5 Å². The third-order valence-corrected chi connectivity index (χ3v) is 2.89. The Morgan fingerprint density at radius 3 is 2.47 bits per heavy atom. The van der Waals surface area contributed by atoms with E-state index in [0.29, 0.717) is 18.4 Å². The van der Waals surface area contributed by atoms with Crippen molar-refractivity contribution in [2.75, 3.05) is 19.1 Å². The molecule has 2 aromatic rings. The summed E-state index contributed by atoms with van der Waals surface area (Å²) in [6.45, 7) is 2.46. The SMILES string of the molecule is COc1cc(C)nc(N(C)c2ccc(CN)cc2)n1. The molecule has 0 aliphatic carbocycles. The highest BCUT2D eigenvalue weighted by Gasteiger charge is 2.09. The Morgan fingerprint density at radius 1 is 1.21 bits per heavy atom. The van der Waals surface area contributed by atoms with Gasteiger partial charge in [0.05, 0.1) is 7.11 Å². The number of methoxy groups -OCH3 is 1. The first-order valence-corrected chi connectivity index (χ1v) is 6.06. The molecule has 19 heavy (non-hydrogen) atoms. The number of hydrogen-bond donors (Lipinski definition) is 1. The molecule has 5 nitrogen and oxygen atoms in total. The fourth-order valence-electron chi connectivity index (χ4n) is 1.75. The van der Waals surface area contributed by atoms with Crippen LogP contribution in [0.2, 0.25) is 0 Å². The molecular formula is C14H18N4O. The van der Waals surface area contributed by atoms with Gasteiger partial charge in [-0.2, -0.15) is 4.98 Å². The molecule has 0 fully saturated rings. The number of nitrogens with zero attached hydrogens (tertiary/aromatic N) is 3. The van der Waals surface area contributed by atoms with E-state index < -0.39 is 0 Å². The molecular weight excluding hydrogens is 240 g/mol. The Morgan fingerprint density at radius 2 is 1.89 bits per heavy atom. The van der Waals surface area contributed by atoms with Crippen molar-refractivity contribution in [2.24, 2.45) is 5.73 Å². The van der Waals surface area contributed by atoms with Gasteiger partial charge in [0.15, 0.2) is 0 Å². The molecule has 2 rings (SSSR count). The lowest BCUT2D eigenvalue weighted by atomic mass is 10.2. The zero-order valence-electron chi connectivity index (χ0n) is 11.4. The Labute approximate surface area is 113 Å². The predicted molar refractivity (Wildman–Crippen MR) is 75.7 cm³/mol. The summed E-state index contributed by atoms with van der Waals surface area (Å²) in [7, 11) is 3.52. The topological polar surface area (TPSA) is 64.3 Å². The molecule has 0 bridgehead atoms. The number of aryl methyl sites for hydroxylation is 1. The van der Waals surface area contributed by atoms with Crippen LogP contribution in [0.3, 0.4) is 0 Å². The summed E-state index contributed by atoms with van der Waals surface area (Å²) >= 11 is 0.